The van der Waals surface area contributed by atoms with Crippen molar-refractivity contribution in [1.82, 2.24) is 4.57 Å². The summed E-state index contributed by atoms with van der Waals surface area (Å²) in [7, 11) is 1.88. The van der Waals surface area contributed by atoms with Crippen LogP contribution < -0.4 is 4.74 Å². The predicted molar refractivity (Wildman–Crippen MR) is 59.5 cm³/mol. The topological polar surface area (TPSA) is 31.2 Å². The van der Waals surface area contributed by atoms with Gasteiger partial charge in [-0.2, -0.15) is 0 Å². The number of hydrogen-bond acceptors (Lipinski definition) is 2. The van der Waals surface area contributed by atoms with Crippen molar-refractivity contribution in [3.05, 3.63) is 30.0 Å². The van der Waals surface area contributed by atoms with Gasteiger partial charge >= 0.3 is 0 Å². The van der Waals surface area contributed by atoms with Crippen LogP contribution in [0.2, 0.25) is 0 Å². The van der Waals surface area contributed by atoms with Crippen LogP contribution in [0.4, 0.5) is 0 Å². The summed E-state index contributed by atoms with van der Waals surface area (Å²) in [6.07, 6.45) is 0.857. The van der Waals surface area contributed by atoms with Gasteiger partial charge in [0.2, 0.25) is 0 Å². The lowest BCUT2D eigenvalue weighted by molar-refractivity contribution is 0.111. The smallest absolute Gasteiger partial charge is 0.166 e. The standard InChI is InChI=1S/C12H13NO2/c1-3-15-12-6-4-5-11-10(12)7-9(8-14)13(11)2/h4-8H,3H2,1-2H3. The van der Waals surface area contributed by atoms with E-state index in [1.807, 2.05) is 42.8 Å². The predicted octanol–water partition coefficient (Wildman–Crippen LogP) is 2.39. The molecule has 3 nitrogen and oxygen atoms in total. The zero-order valence-corrected chi connectivity index (χ0v) is 8.86. The lowest BCUT2D eigenvalue weighted by Gasteiger charge is -2.04. The number of benzene rings is 1. The van der Waals surface area contributed by atoms with Gasteiger partial charge < -0.3 is 9.30 Å². The minimum atomic E-state index is 0.629. The second-order valence-electron chi connectivity index (χ2n) is 3.37. The van der Waals surface area contributed by atoms with Crippen LogP contribution >= 0.6 is 0 Å². The van der Waals surface area contributed by atoms with E-state index >= 15 is 0 Å². The van der Waals surface area contributed by atoms with Crippen LogP contribution in [0.3, 0.4) is 0 Å². The molecule has 0 aliphatic heterocycles. The lowest BCUT2D eigenvalue weighted by atomic mass is 10.2. The normalized spacial score (nSPS) is 10.5. The van der Waals surface area contributed by atoms with Crippen molar-refractivity contribution in [2.45, 2.75) is 6.92 Å². The van der Waals surface area contributed by atoms with Crippen molar-refractivity contribution in [1.29, 1.82) is 0 Å². The second kappa shape index (κ2) is 3.77. The van der Waals surface area contributed by atoms with Crippen LogP contribution in [-0.2, 0) is 7.05 Å². The van der Waals surface area contributed by atoms with Crippen molar-refractivity contribution in [3.63, 3.8) is 0 Å². The van der Waals surface area contributed by atoms with Crippen molar-refractivity contribution in [3.8, 4) is 5.75 Å². The first-order valence-electron chi connectivity index (χ1n) is 4.94. The molecular formula is C12H13NO2. The van der Waals surface area contributed by atoms with Gasteiger partial charge in [0.05, 0.1) is 17.8 Å². The number of fused-ring (bicyclic) bond motifs is 1. The Balaban J connectivity index is 2.70. The molecule has 0 amide bonds. The summed E-state index contributed by atoms with van der Waals surface area (Å²) in [4.78, 5) is 10.8. The van der Waals surface area contributed by atoms with Gasteiger partial charge in [-0.15, -0.1) is 0 Å². The van der Waals surface area contributed by atoms with Gasteiger partial charge in [0.1, 0.15) is 5.75 Å². The molecule has 0 saturated carbocycles. The fraction of sp³-hybridized carbons (Fsp3) is 0.250. The lowest BCUT2D eigenvalue weighted by Crippen LogP contribution is -1.93. The third-order valence-electron chi connectivity index (χ3n) is 2.50. The number of aryl methyl sites for hydroxylation is 1. The van der Waals surface area contributed by atoms with Crippen molar-refractivity contribution < 1.29 is 9.53 Å². The molecule has 78 valence electrons. The maximum Gasteiger partial charge on any atom is 0.166 e. The average molecular weight is 203 g/mol. The minimum Gasteiger partial charge on any atom is -0.493 e. The number of carbonyl (C=O) groups is 1. The molecule has 2 rings (SSSR count). The minimum absolute atomic E-state index is 0.629. The Kier molecular flexibility index (Phi) is 2.46. The van der Waals surface area contributed by atoms with E-state index in [-0.39, 0.29) is 0 Å². The summed E-state index contributed by atoms with van der Waals surface area (Å²) < 4.78 is 7.37. The molecule has 15 heavy (non-hydrogen) atoms. The molecule has 0 unspecified atom stereocenters. The van der Waals surface area contributed by atoms with E-state index in [2.05, 4.69) is 0 Å². The SMILES string of the molecule is CCOc1cccc2c1cc(C=O)n2C. The number of nitrogens with zero attached hydrogens (tertiary/aromatic N) is 1. The molecule has 0 aliphatic carbocycles. The Labute approximate surface area is 88.3 Å². The molecular weight excluding hydrogens is 190 g/mol. The number of aromatic nitrogens is 1. The van der Waals surface area contributed by atoms with E-state index in [1.54, 1.807) is 0 Å². The second-order valence-corrected chi connectivity index (χ2v) is 3.37. The van der Waals surface area contributed by atoms with Crippen molar-refractivity contribution in [2.75, 3.05) is 6.61 Å². The molecule has 0 fully saturated rings. The summed E-state index contributed by atoms with van der Waals surface area (Å²) in [5.74, 6) is 0.832. The third kappa shape index (κ3) is 1.50. The highest BCUT2D eigenvalue weighted by Gasteiger charge is 2.08. The fourth-order valence-corrected chi connectivity index (χ4v) is 1.75. The van der Waals surface area contributed by atoms with Crippen LogP contribution in [0, 0.1) is 0 Å². The van der Waals surface area contributed by atoms with Gasteiger partial charge in [-0.05, 0) is 25.1 Å². The highest BCUT2D eigenvalue weighted by atomic mass is 16.5. The summed E-state index contributed by atoms with van der Waals surface area (Å²) in [6.45, 7) is 2.58. The Hall–Kier alpha value is -1.77. The van der Waals surface area contributed by atoms with Crippen LogP contribution in [0.1, 0.15) is 17.4 Å². The van der Waals surface area contributed by atoms with Gasteiger partial charge in [-0.3, -0.25) is 4.79 Å². The number of rotatable bonds is 3. The largest absolute Gasteiger partial charge is 0.493 e. The van der Waals surface area contributed by atoms with Crippen molar-refractivity contribution >= 4 is 17.2 Å². The first-order chi connectivity index (χ1) is 7.27. The number of carbonyl (C=O) groups excluding carboxylic acids is 1. The van der Waals surface area contributed by atoms with E-state index in [1.165, 1.54) is 0 Å². The van der Waals surface area contributed by atoms with Crippen LogP contribution in [0.15, 0.2) is 24.3 Å². The molecule has 0 N–H and O–H groups in total. The molecule has 1 heterocycles. The molecule has 2 aromatic rings. The van der Waals surface area contributed by atoms with Crippen LogP contribution in [0.5, 0.6) is 5.75 Å². The van der Waals surface area contributed by atoms with Gasteiger partial charge in [0, 0.05) is 12.4 Å². The molecule has 3 heteroatoms. The highest BCUT2D eigenvalue weighted by molar-refractivity contribution is 5.92. The van der Waals surface area contributed by atoms with E-state index in [0.29, 0.717) is 12.3 Å². The first-order valence-corrected chi connectivity index (χ1v) is 4.94. The monoisotopic (exact) mass is 203 g/mol. The summed E-state index contributed by atoms with van der Waals surface area (Å²) in [5, 5.41) is 0.990. The van der Waals surface area contributed by atoms with Crippen LogP contribution in [0.25, 0.3) is 10.9 Å². The molecule has 0 aliphatic rings. The number of ether oxygens (including phenoxy) is 1. The maximum absolute atomic E-state index is 10.8. The molecule has 1 aromatic carbocycles. The molecule has 0 radical (unpaired) electrons. The average Bonchev–Trinajstić information content (AvgIpc) is 2.58. The van der Waals surface area contributed by atoms with E-state index in [0.717, 1.165) is 22.9 Å². The van der Waals surface area contributed by atoms with Gasteiger partial charge in [0.15, 0.2) is 6.29 Å². The zero-order valence-electron chi connectivity index (χ0n) is 8.86. The quantitative estimate of drug-likeness (QED) is 0.717. The number of hydrogen-bond donors (Lipinski definition) is 0. The molecule has 1 aromatic heterocycles. The Morgan fingerprint density at radius 3 is 2.93 bits per heavy atom. The highest BCUT2D eigenvalue weighted by Crippen LogP contribution is 2.27. The van der Waals surface area contributed by atoms with E-state index in [9.17, 15) is 4.79 Å². The molecule has 0 bridgehead atoms. The third-order valence-corrected chi connectivity index (χ3v) is 2.50. The summed E-state index contributed by atoms with van der Waals surface area (Å²) in [5.41, 5.74) is 1.68. The first kappa shape index (κ1) is 9.77. The number of aldehydes is 1. The van der Waals surface area contributed by atoms with Crippen molar-refractivity contribution in [2.24, 2.45) is 7.05 Å². The summed E-state index contributed by atoms with van der Waals surface area (Å²) >= 11 is 0. The van der Waals surface area contributed by atoms with Gasteiger partial charge in [0.25, 0.3) is 0 Å². The Morgan fingerprint density at radius 1 is 1.47 bits per heavy atom. The zero-order chi connectivity index (χ0) is 10.8. The summed E-state index contributed by atoms with van der Waals surface area (Å²) in [6, 6.07) is 7.68. The Bertz CT molecular complexity index is 500. The molecule has 0 saturated heterocycles. The Morgan fingerprint density at radius 2 is 2.27 bits per heavy atom. The van der Waals surface area contributed by atoms with Crippen LogP contribution in [-0.4, -0.2) is 17.5 Å². The van der Waals surface area contributed by atoms with Gasteiger partial charge in [-0.25, -0.2) is 0 Å². The molecule has 0 spiro atoms. The maximum atomic E-state index is 10.8. The van der Waals surface area contributed by atoms with E-state index in [4.69, 9.17) is 4.74 Å². The van der Waals surface area contributed by atoms with Gasteiger partial charge in [-0.1, -0.05) is 6.07 Å². The molecule has 0 atom stereocenters. The fourth-order valence-electron chi connectivity index (χ4n) is 1.75. The van der Waals surface area contributed by atoms with E-state index < -0.39 is 0 Å².